The van der Waals surface area contributed by atoms with Crippen LogP contribution in [0.15, 0.2) is 0 Å². The van der Waals surface area contributed by atoms with Gasteiger partial charge in [-0.1, -0.05) is 19.6 Å². The second kappa shape index (κ2) is 4.96. The molecule has 0 rings (SSSR count). The van der Waals surface area contributed by atoms with E-state index in [4.69, 9.17) is 22.2 Å². The Morgan fingerprint density at radius 2 is 1.78 bits per heavy atom. The number of rotatable bonds is 3. The molecule has 0 radical (unpaired) electrons. The fraction of sp³-hybridized carbons (Fsp3) is 1.00. The molecule has 0 aliphatic carbocycles. The van der Waals surface area contributed by atoms with Crippen LogP contribution in [0.1, 0.15) is 0 Å². The quantitative estimate of drug-likeness (QED) is 0.493. The Bertz CT molecular complexity index is 68.2. The lowest BCUT2D eigenvalue weighted by Crippen LogP contribution is -2.25. The third-order valence-electron chi connectivity index (χ3n) is 1.65. The zero-order valence-corrected chi connectivity index (χ0v) is 11.4. The smallest absolute Gasteiger partial charge is 0.151 e. The molecule has 56 valence electrons. The molecule has 0 N–H and O–H groups in total. The summed E-state index contributed by atoms with van der Waals surface area (Å²) < 4.78 is 0. The summed E-state index contributed by atoms with van der Waals surface area (Å²) >= 11 is 11.8. The molecular weight excluding hydrogens is 203 g/mol. The van der Waals surface area contributed by atoms with Crippen LogP contribution >= 0.6 is 22.2 Å². The first-order chi connectivity index (χ1) is 4.09. The largest absolute Gasteiger partial charge is 0.234 e. The molecule has 0 fully saturated rings. The van der Waals surface area contributed by atoms with Crippen molar-refractivity contribution in [3.05, 3.63) is 0 Å². The highest BCUT2D eigenvalue weighted by molar-refractivity contribution is 7.38. The van der Waals surface area contributed by atoms with E-state index in [9.17, 15) is 0 Å². The fourth-order valence-electron chi connectivity index (χ4n) is 0.941. The maximum atomic E-state index is 5.91. The Labute approximate surface area is 72.4 Å². The Hall–Kier alpha value is 1.23. The molecule has 1 unspecified atom stereocenters. The molecule has 0 aliphatic rings. The van der Waals surface area contributed by atoms with E-state index in [0.29, 0.717) is 0 Å². The van der Waals surface area contributed by atoms with Crippen molar-refractivity contribution in [3.63, 3.8) is 0 Å². The first-order valence-electron chi connectivity index (χ1n) is 3.37. The second-order valence-electron chi connectivity index (χ2n) is 2.65. The van der Waals surface area contributed by atoms with Crippen LogP contribution in [-0.2, 0) is 0 Å². The first-order valence-corrected chi connectivity index (χ1v) is 12.7. The van der Waals surface area contributed by atoms with Gasteiger partial charge in [0.25, 0.3) is 0 Å². The lowest BCUT2D eigenvalue weighted by atomic mass is 11.8. The molecule has 0 aromatic heterocycles. The van der Waals surface area contributed by atoms with Gasteiger partial charge in [-0.05, 0) is 4.79 Å². The molecule has 0 aromatic rings. The van der Waals surface area contributed by atoms with Gasteiger partial charge < -0.3 is 0 Å². The van der Waals surface area contributed by atoms with Crippen LogP contribution in [0, 0.1) is 0 Å². The molecule has 0 bridgehead atoms. The first kappa shape index (κ1) is 10.2. The van der Waals surface area contributed by atoms with E-state index in [1.54, 1.807) is 0 Å². The maximum absolute atomic E-state index is 5.91. The lowest BCUT2D eigenvalue weighted by molar-refractivity contribution is 1.65. The van der Waals surface area contributed by atoms with E-state index in [0.717, 1.165) is 4.79 Å². The summed E-state index contributed by atoms with van der Waals surface area (Å²) in [6.45, 7) is 7.03. The molecule has 0 spiro atoms. The van der Waals surface area contributed by atoms with Crippen molar-refractivity contribution in [1.29, 1.82) is 0 Å². The summed E-state index contributed by atoms with van der Waals surface area (Å²) in [5, 5.41) is 0. The molecule has 0 aliphatic heterocycles. The van der Waals surface area contributed by atoms with Gasteiger partial charge in [-0.25, -0.2) is 0 Å². The molecule has 1 atom stereocenters. The van der Waals surface area contributed by atoms with Gasteiger partial charge in [0.2, 0.25) is 7.42 Å². The molecule has 9 heavy (non-hydrogen) atoms. The molecule has 0 aromatic carbocycles. The van der Waals surface area contributed by atoms with Crippen molar-refractivity contribution in [1.82, 2.24) is 0 Å². The predicted molar refractivity (Wildman–Crippen MR) is 55.9 cm³/mol. The van der Waals surface area contributed by atoms with E-state index in [1.165, 1.54) is 0 Å². The Morgan fingerprint density at radius 3 is 1.78 bits per heavy atom. The van der Waals surface area contributed by atoms with E-state index in [2.05, 4.69) is 19.6 Å². The van der Waals surface area contributed by atoms with Crippen LogP contribution in [0.4, 0.5) is 0 Å². The molecule has 0 nitrogen and oxygen atoms in total. The average Bonchev–Trinajstić information content (AvgIpc) is 1.64. The number of halogens is 2. The minimum Gasteiger partial charge on any atom is -0.151 e. The van der Waals surface area contributed by atoms with Crippen LogP contribution < -0.4 is 0 Å². The normalized spacial score (nSPS) is 16.3. The minimum atomic E-state index is -1.28. The average molecular weight is 217 g/mol. The van der Waals surface area contributed by atoms with Crippen molar-refractivity contribution in [2.75, 3.05) is 0 Å². The van der Waals surface area contributed by atoms with Crippen LogP contribution in [0.25, 0.3) is 0 Å². The van der Waals surface area contributed by atoms with Gasteiger partial charge in [0, 0.05) is 18.3 Å². The fourth-order valence-corrected chi connectivity index (χ4v) is 16.9. The van der Waals surface area contributed by atoms with E-state index in [1.807, 2.05) is 0 Å². The van der Waals surface area contributed by atoms with E-state index >= 15 is 0 Å². The topological polar surface area (TPSA) is 0 Å². The van der Waals surface area contributed by atoms with Crippen LogP contribution in [0.2, 0.25) is 24.4 Å². The zero-order chi connectivity index (χ0) is 7.44. The highest BCUT2D eigenvalue weighted by Crippen LogP contribution is 2.18. The molecule has 0 amide bonds. The Morgan fingerprint density at radius 1 is 1.33 bits per heavy atom. The Balaban J connectivity index is 3.68. The van der Waals surface area contributed by atoms with Gasteiger partial charge in [0.15, 0.2) is 0 Å². The third-order valence-corrected chi connectivity index (χ3v) is 20.7. The summed E-state index contributed by atoms with van der Waals surface area (Å²) in [6.07, 6.45) is 0. The second-order valence-corrected chi connectivity index (χ2v) is 15.4. The van der Waals surface area contributed by atoms with Crippen LogP contribution in [0.5, 0.6) is 0 Å². The summed E-state index contributed by atoms with van der Waals surface area (Å²) in [4.78, 5) is 0.869. The standard InChI is InChI=1S/C4H14Cl2Si3/c1-7-4(8(2)3)9(5)6/h4,8-9H,7H2,1-3H3. The highest BCUT2D eigenvalue weighted by atomic mass is 35.7. The Kier molecular flexibility index (Phi) is 5.64. The zero-order valence-electron chi connectivity index (χ0n) is 6.20. The molecule has 0 saturated heterocycles. The van der Waals surface area contributed by atoms with E-state index < -0.39 is 16.2 Å². The summed E-state index contributed by atoms with van der Waals surface area (Å²) in [5.41, 5.74) is 0. The van der Waals surface area contributed by atoms with Gasteiger partial charge in [-0.15, -0.1) is 0 Å². The summed E-state index contributed by atoms with van der Waals surface area (Å²) in [7, 11) is -1.67. The van der Waals surface area contributed by atoms with Crippen molar-refractivity contribution < 1.29 is 0 Å². The number of hydrogen-bond donors (Lipinski definition) is 0. The van der Waals surface area contributed by atoms with Crippen molar-refractivity contribution >= 4 is 47.9 Å². The third kappa shape index (κ3) is 3.83. The minimum absolute atomic E-state index is 0.0926. The molecular formula is C4H14Cl2Si3. The van der Waals surface area contributed by atoms with Gasteiger partial charge in [-0.3, -0.25) is 0 Å². The predicted octanol–water partition coefficient (Wildman–Crippen LogP) is 1.25. The monoisotopic (exact) mass is 216 g/mol. The number of hydrogen-bond acceptors (Lipinski definition) is 0. The highest BCUT2D eigenvalue weighted by Gasteiger charge is 2.21. The summed E-state index contributed by atoms with van der Waals surface area (Å²) in [5.74, 6) is 0. The van der Waals surface area contributed by atoms with Gasteiger partial charge >= 0.3 is 0 Å². The van der Waals surface area contributed by atoms with Crippen molar-refractivity contribution in [3.8, 4) is 0 Å². The van der Waals surface area contributed by atoms with Crippen molar-refractivity contribution in [2.24, 2.45) is 0 Å². The van der Waals surface area contributed by atoms with Gasteiger partial charge in [0.1, 0.15) is 0 Å². The molecule has 0 saturated carbocycles. The maximum Gasteiger partial charge on any atom is 0.234 e. The molecule has 0 heterocycles. The van der Waals surface area contributed by atoms with Gasteiger partial charge in [-0.2, -0.15) is 22.2 Å². The molecule has 5 heteroatoms. The SMILES string of the molecule is C[SiH2]C([SiH](C)C)[SiH](Cl)Cl. The lowest BCUT2D eigenvalue weighted by Gasteiger charge is -2.16. The summed E-state index contributed by atoms with van der Waals surface area (Å²) in [6, 6.07) is 0. The van der Waals surface area contributed by atoms with Crippen LogP contribution in [0.3, 0.4) is 0 Å². The van der Waals surface area contributed by atoms with Crippen LogP contribution in [-0.4, -0.2) is 25.7 Å². The van der Waals surface area contributed by atoms with Gasteiger partial charge in [0.05, 0.1) is 0 Å². The van der Waals surface area contributed by atoms with Crippen molar-refractivity contribution in [2.45, 2.75) is 24.4 Å². The van der Waals surface area contributed by atoms with E-state index in [-0.39, 0.29) is 9.52 Å².